The van der Waals surface area contributed by atoms with Crippen molar-refractivity contribution in [3.63, 3.8) is 0 Å². The van der Waals surface area contributed by atoms with E-state index in [1.807, 2.05) is 12.1 Å². The van der Waals surface area contributed by atoms with E-state index in [-0.39, 0.29) is 5.25 Å². The third-order valence-corrected chi connectivity index (χ3v) is 3.12. The fourth-order valence-electron chi connectivity index (χ4n) is 1.62. The first kappa shape index (κ1) is 11.6. The molecule has 1 unspecified atom stereocenters. The lowest BCUT2D eigenvalue weighted by Gasteiger charge is -2.06. The van der Waals surface area contributed by atoms with Crippen molar-refractivity contribution in [2.75, 3.05) is 0 Å². The fourth-order valence-corrected chi connectivity index (χ4v) is 1.97. The van der Waals surface area contributed by atoms with Crippen LogP contribution in [0.15, 0.2) is 59.5 Å². The van der Waals surface area contributed by atoms with Crippen molar-refractivity contribution in [2.24, 2.45) is 0 Å². The van der Waals surface area contributed by atoms with Crippen molar-refractivity contribution in [1.82, 2.24) is 0 Å². The minimum absolute atomic E-state index is 0.216. The lowest BCUT2D eigenvalue weighted by atomic mass is 10.0. The highest BCUT2D eigenvalue weighted by molar-refractivity contribution is 7.81. The van der Waals surface area contributed by atoms with Crippen LogP contribution in [-0.2, 0) is 0 Å². The van der Waals surface area contributed by atoms with Crippen molar-refractivity contribution < 1.29 is 0 Å². The van der Waals surface area contributed by atoms with E-state index in [1.165, 1.54) is 11.1 Å². The molecular formula is C14H14S2. The Balaban J connectivity index is 2.29. The SMILES string of the molecule is Sc1ccc(C2=C/CC=CC(S)/C=C\2)cc1. The summed E-state index contributed by atoms with van der Waals surface area (Å²) in [4.78, 5) is 0.992. The summed E-state index contributed by atoms with van der Waals surface area (Å²) in [5, 5.41) is 0.216. The highest BCUT2D eigenvalue weighted by Gasteiger charge is 2.00. The van der Waals surface area contributed by atoms with Gasteiger partial charge in [0.1, 0.15) is 0 Å². The molecule has 1 aromatic carbocycles. The molecule has 1 atom stereocenters. The smallest absolute Gasteiger partial charge is 0.0380 e. The maximum absolute atomic E-state index is 4.43. The Morgan fingerprint density at radius 2 is 1.81 bits per heavy atom. The van der Waals surface area contributed by atoms with Gasteiger partial charge in [-0.05, 0) is 29.7 Å². The minimum Gasteiger partial charge on any atom is -0.168 e. The van der Waals surface area contributed by atoms with Gasteiger partial charge >= 0.3 is 0 Å². The molecule has 0 aromatic heterocycles. The van der Waals surface area contributed by atoms with Crippen LogP contribution in [0.2, 0.25) is 0 Å². The van der Waals surface area contributed by atoms with E-state index in [9.17, 15) is 0 Å². The molecule has 16 heavy (non-hydrogen) atoms. The quantitative estimate of drug-likeness (QED) is 0.539. The molecule has 0 nitrogen and oxygen atoms in total. The zero-order valence-electron chi connectivity index (χ0n) is 8.88. The normalized spacial score (nSPS) is 25.4. The van der Waals surface area contributed by atoms with Gasteiger partial charge in [0.25, 0.3) is 0 Å². The first-order valence-corrected chi connectivity index (χ1v) is 6.24. The minimum atomic E-state index is 0.216. The van der Waals surface area contributed by atoms with Crippen molar-refractivity contribution in [1.29, 1.82) is 0 Å². The Bertz CT molecular complexity index is 438. The Morgan fingerprint density at radius 1 is 1.06 bits per heavy atom. The van der Waals surface area contributed by atoms with Gasteiger partial charge in [-0.1, -0.05) is 42.5 Å². The molecule has 1 aromatic rings. The van der Waals surface area contributed by atoms with Crippen LogP contribution < -0.4 is 0 Å². The Morgan fingerprint density at radius 3 is 2.56 bits per heavy atom. The Kier molecular flexibility index (Phi) is 3.97. The molecular weight excluding hydrogens is 232 g/mol. The summed E-state index contributed by atoms with van der Waals surface area (Å²) < 4.78 is 0. The topological polar surface area (TPSA) is 0 Å². The summed E-state index contributed by atoms with van der Waals surface area (Å²) in [6, 6.07) is 8.22. The molecule has 0 amide bonds. The summed E-state index contributed by atoms with van der Waals surface area (Å²) in [6.07, 6.45) is 11.7. The van der Waals surface area contributed by atoms with Gasteiger partial charge in [-0.3, -0.25) is 0 Å². The fraction of sp³-hybridized carbons (Fsp3) is 0.143. The predicted molar refractivity (Wildman–Crippen MR) is 77.3 cm³/mol. The summed E-state index contributed by atoms with van der Waals surface area (Å²) in [5.41, 5.74) is 2.47. The van der Waals surface area contributed by atoms with Gasteiger partial charge < -0.3 is 0 Å². The first-order chi connectivity index (χ1) is 7.75. The largest absolute Gasteiger partial charge is 0.168 e. The van der Waals surface area contributed by atoms with Gasteiger partial charge in [0.2, 0.25) is 0 Å². The van der Waals surface area contributed by atoms with Crippen LogP contribution in [0.1, 0.15) is 12.0 Å². The van der Waals surface area contributed by atoms with Crippen LogP contribution in [0, 0.1) is 0 Å². The molecule has 1 aliphatic rings. The molecule has 0 aliphatic heterocycles. The Hall–Kier alpha value is -0.860. The molecule has 0 saturated heterocycles. The van der Waals surface area contributed by atoms with Crippen LogP contribution in [0.4, 0.5) is 0 Å². The average molecular weight is 246 g/mol. The molecule has 0 heterocycles. The maximum atomic E-state index is 4.43. The predicted octanol–water partition coefficient (Wildman–Crippen LogP) is 4.17. The van der Waals surface area contributed by atoms with Crippen LogP contribution >= 0.6 is 25.3 Å². The lowest BCUT2D eigenvalue weighted by Crippen LogP contribution is -1.90. The molecule has 2 rings (SSSR count). The maximum Gasteiger partial charge on any atom is 0.0380 e. The van der Waals surface area contributed by atoms with Crippen LogP contribution in [0.3, 0.4) is 0 Å². The lowest BCUT2D eigenvalue weighted by molar-refractivity contribution is 1.31. The summed E-state index contributed by atoms with van der Waals surface area (Å²) in [7, 11) is 0. The van der Waals surface area contributed by atoms with Gasteiger partial charge in [0, 0.05) is 10.1 Å². The second kappa shape index (κ2) is 5.46. The summed E-state index contributed by atoms with van der Waals surface area (Å²) in [6.45, 7) is 0. The second-order valence-electron chi connectivity index (χ2n) is 3.72. The van der Waals surface area contributed by atoms with Gasteiger partial charge in [0.15, 0.2) is 0 Å². The number of hydrogen-bond acceptors (Lipinski definition) is 2. The van der Waals surface area contributed by atoms with Gasteiger partial charge in [-0.25, -0.2) is 0 Å². The van der Waals surface area contributed by atoms with Crippen molar-refractivity contribution in [2.45, 2.75) is 16.6 Å². The van der Waals surface area contributed by atoms with E-state index in [4.69, 9.17) is 0 Å². The van der Waals surface area contributed by atoms with E-state index >= 15 is 0 Å². The van der Waals surface area contributed by atoms with Crippen molar-refractivity contribution >= 4 is 30.8 Å². The number of benzene rings is 1. The van der Waals surface area contributed by atoms with Crippen LogP contribution in [-0.4, -0.2) is 5.25 Å². The van der Waals surface area contributed by atoms with Crippen molar-refractivity contribution in [3.8, 4) is 0 Å². The molecule has 0 saturated carbocycles. The number of allylic oxidation sites excluding steroid dienone is 4. The molecule has 0 spiro atoms. The molecule has 0 radical (unpaired) electrons. The molecule has 0 bridgehead atoms. The number of thiol groups is 2. The van der Waals surface area contributed by atoms with Crippen molar-refractivity contribution in [3.05, 3.63) is 60.2 Å². The summed E-state index contributed by atoms with van der Waals surface area (Å²) in [5.74, 6) is 0. The molecule has 0 fully saturated rings. The Labute approximate surface area is 108 Å². The number of hydrogen-bond donors (Lipinski definition) is 2. The van der Waals surface area contributed by atoms with Crippen LogP contribution in [0.25, 0.3) is 5.57 Å². The number of rotatable bonds is 1. The average Bonchev–Trinajstić information content (AvgIpc) is 2.26. The van der Waals surface area contributed by atoms with Gasteiger partial charge in [0.05, 0.1) is 0 Å². The van der Waals surface area contributed by atoms with Gasteiger partial charge in [-0.2, -0.15) is 12.6 Å². The van der Waals surface area contributed by atoms with E-state index < -0.39 is 0 Å². The third-order valence-electron chi connectivity index (χ3n) is 2.48. The third kappa shape index (κ3) is 3.06. The molecule has 82 valence electrons. The zero-order valence-corrected chi connectivity index (χ0v) is 10.7. The van der Waals surface area contributed by atoms with E-state index in [0.29, 0.717) is 0 Å². The monoisotopic (exact) mass is 246 g/mol. The molecule has 2 heteroatoms. The van der Waals surface area contributed by atoms with E-state index in [1.54, 1.807) is 0 Å². The van der Waals surface area contributed by atoms with E-state index in [2.05, 4.69) is 67.8 Å². The standard InChI is InChI=1S/C14H14S2/c15-13-4-2-1-3-11(5-8-13)12-6-9-14(16)10-7-12/h2-10,13,15-16H,1H2/b4-2?,8-5-,11-3+. The van der Waals surface area contributed by atoms with E-state index in [0.717, 1.165) is 11.3 Å². The zero-order chi connectivity index (χ0) is 11.4. The summed E-state index contributed by atoms with van der Waals surface area (Å²) >= 11 is 8.72. The second-order valence-corrected chi connectivity index (χ2v) is 4.83. The first-order valence-electron chi connectivity index (χ1n) is 5.28. The molecule has 1 aliphatic carbocycles. The van der Waals surface area contributed by atoms with Crippen LogP contribution in [0.5, 0.6) is 0 Å². The van der Waals surface area contributed by atoms with Gasteiger partial charge in [-0.15, -0.1) is 12.6 Å². The highest BCUT2D eigenvalue weighted by Crippen LogP contribution is 2.21. The molecule has 0 N–H and O–H groups in total. The highest BCUT2D eigenvalue weighted by atomic mass is 32.1.